The number of hydrogen-bond donors (Lipinski definition) is 1. The zero-order chi connectivity index (χ0) is 7.84. The molecule has 0 bridgehead atoms. The molecule has 0 radical (unpaired) electrons. The van der Waals surface area contributed by atoms with Gasteiger partial charge in [-0.25, -0.2) is 0 Å². The second-order valence-electron chi connectivity index (χ2n) is 2.60. The van der Waals surface area contributed by atoms with Crippen molar-refractivity contribution >= 4 is 35.6 Å². The summed E-state index contributed by atoms with van der Waals surface area (Å²) in [5, 5.41) is 4.56. The van der Waals surface area contributed by atoms with Gasteiger partial charge in [0.25, 0.3) is 0 Å². The lowest BCUT2D eigenvalue weighted by Crippen LogP contribution is -2.00. The van der Waals surface area contributed by atoms with Gasteiger partial charge < -0.3 is 5.32 Å². The number of benzene rings is 1. The first-order valence-electron chi connectivity index (χ1n) is 3.45. The molecule has 0 unspecified atom stereocenters. The maximum absolute atomic E-state index is 5.97. The average molecular weight is 225 g/mol. The molecule has 0 saturated carbocycles. The van der Waals surface area contributed by atoms with E-state index in [4.69, 9.17) is 23.2 Å². The molecule has 0 fully saturated rings. The van der Waals surface area contributed by atoms with Gasteiger partial charge in [0.1, 0.15) is 0 Å². The summed E-state index contributed by atoms with van der Waals surface area (Å²) in [5.74, 6) is 0. The molecule has 1 heterocycles. The molecule has 4 heteroatoms. The third-order valence-corrected chi connectivity index (χ3v) is 2.75. The fourth-order valence-corrected chi connectivity index (χ4v) is 1.74. The molecule has 0 spiro atoms. The van der Waals surface area contributed by atoms with Crippen molar-refractivity contribution in [1.82, 2.24) is 5.32 Å². The van der Waals surface area contributed by atoms with Crippen molar-refractivity contribution in [2.45, 2.75) is 13.1 Å². The van der Waals surface area contributed by atoms with Crippen LogP contribution in [0.25, 0.3) is 0 Å². The van der Waals surface area contributed by atoms with Gasteiger partial charge in [0.2, 0.25) is 0 Å². The van der Waals surface area contributed by atoms with Gasteiger partial charge in [-0.3, -0.25) is 0 Å². The molecule has 1 aliphatic heterocycles. The maximum atomic E-state index is 5.97. The summed E-state index contributed by atoms with van der Waals surface area (Å²) in [6, 6.07) is 3.86. The van der Waals surface area contributed by atoms with Crippen LogP contribution < -0.4 is 5.32 Å². The van der Waals surface area contributed by atoms with E-state index >= 15 is 0 Å². The van der Waals surface area contributed by atoms with Crippen LogP contribution in [0, 0.1) is 0 Å². The van der Waals surface area contributed by atoms with Crippen LogP contribution in [0.2, 0.25) is 10.0 Å². The number of fused-ring (bicyclic) bond motifs is 1. The molecule has 0 aliphatic carbocycles. The van der Waals surface area contributed by atoms with E-state index in [1.165, 1.54) is 5.56 Å². The van der Waals surface area contributed by atoms with E-state index in [-0.39, 0.29) is 12.4 Å². The normalized spacial score (nSPS) is 13.8. The van der Waals surface area contributed by atoms with Crippen LogP contribution in [0.3, 0.4) is 0 Å². The molecular formula is C8H8Cl3N. The van der Waals surface area contributed by atoms with E-state index in [0.29, 0.717) is 10.0 Å². The summed E-state index contributed by atoms with van der Waals surface area (Å²) >= 11 is 11.8. The van der Waals surface area contributed by atoms with E-state index in [1.807, 2.05) is 12.1 Å². The quantitative estimate of drug-likeness (QED) is 0.714. The minimum Gasteiger partial charge on any atom is -0.309 e. The molecule has 0 amide bonds. The Balaban J connectivity index is 0.000000720. The van der Waals surface area contributed by atoms with E-state index in [9.17, 15) is 0 Å². The highest BCUT2D eigenvalue weighted by Gasteiger charge is 2.14. The summed E-state index contributed by atoms with van der Waals surface area (Å²) in [6.45, 7) is 1.75. The molecule has 12 heavy (non-hydrogen) atoms. The highest BCUT2D eigenvalue weighted by atomic mass is 35.5. The number of hydrogen-bond acceptors (Lipinski definition) is 1. The van der Waals surface area contributed by atoms with Gasteiger partial charge >= 0.3 is 0 Å². The minimum atomic E-state index is 0. The molecule has 2 rings (SSSR count). The molecule has 0 saturated heterocycles. The topological polar surface area (TPSA) is 12.0 Å². The van der Waals surface area contributed by atoms with E-state index < -0.39 is 0 Å². The Morgan fingerprint density at radius 1 is 1.17 bits per heavy atom. The van der Waals surface area contributed by atoms with E-state index in [2.05, 4.69) is 5.32 Å². The smallest absolute Gasteiger partial charge is 0.0640 e. The maximum Gasteiger partial charge on any atom is 0.0640 e. The van der Waals surface area contributed by atoms with Gasteiger partial charge in [-0.2, -0.15) is 0 Å². The van der Waals surface area contributed by atoms with Crippen molar-refractivity contribution in [3.8, 4) is 0 Å². The molecule has 1 nitrogen and oxygen atoms in total. The molecule has 1 aromatic carbocycles. The van der Waals surface area contributed by atoms with Gasteiger partial charge in [-0.1, -0.05) is 29.3 Å². The van der Waals surface area contributed by atoms with Crippen LogP contribution in [0.1, 0.15) is 11.1 Å². The molecule has 1 aliphatic rings. The van der Waals surface area contributed by atoms with Crippen molar-refractivity contribution in [2.75, 3.05) is 0 Å². The Hall–Kier alpha value is 0.0500. The number of nitrogens with one attached hydrogen (secondary N) is 1. The van der Waals surface area contributed by atoms with Crippen LogP contribution in [0.15, 0.2) is 12.1 Å². The standard InChI is InChI=1S/C8H7Cl2N.ClH/c9-7-2-1-5-3-11-4-6(5)8(7)10;/h1-2,11H,3-4H2;1H. The Labute approximate surface area is 87.5 Å². The van der Waals surface area contributed by atoms with Gasteiger partial charge in [0, 0.05) is 13.1 Å². The van der Waals surface area contributed by atoms with Crippen LogP contribution in [0.5, 0.6) is 0 Å². The Morgan fingerprint density at radius 2 is 1.92 bits per heavy atom. The van der Waals surface area contributed by atoms with Crippen molar-refractivity contribution in [1.29, 1.82) is 0 Å². The first kappa shape index (κ1) is 10.1. The summed E-state index contributed by atoms with van der Waals surface area (Å²) in [5.41, 5.74) is 2.42. The van der Waals surface area contributed by atoms with Gasteiger partial charge in [-0.15, -0.1) is 12.4 Å². The number of rotatable bonds is 0. The SMILES string of the molecule is Cl.Clc1ccc2c(c1Cl)CNC2. The second kappa shape index (κ2) is 3.84. The monoisotopic (exact) mass is 223 g/mol. The van der Waals surface area contributed by atoms with Crippen molar-refractivity contribution in [3.63, 3.8) is 0 Å². The molecular weight excluding hydrogens is 216 g/mol. The minimum absolute atomic E-state index is 0. The summed E-state index contributed by atoms with van der Waals surface area (Å²) < 4.78 is 0. The lowest BCUT2D eigenvalue weighted by atomic mass is 10.1. The fraction of sp³-hybridized carbons (Fsp3) is 0.250. The summed E-state index contributed by atoms with van der Waals surface area (Å²) in [6.07, 6.45) is 0. The molecule has 0 atom stereocenters. The van der Waals surface area contributed by atoms with Crippen molar-refractivity contribution in [3.05, 3.63) is 33.3 Å². The Morgan fingerprint density at radius 3 is 2.67 bits per heavy atom. The third-order valence-electron chi connectivity index (χ3n) is 1.91. The second-order valence-corrected chi connectivity index (χ2v) is 3.39. The predicted molar refractivity (Wildman–Crippen MR) is 54.3 cm³/mol. The predicted octanol–water partition coefficient (Wildman–Crippen LogP) is 3.02. The lowest BCUT2D eigenvalue weighted by molar-refractivity contribution is 0.765. The van der Waals surface area contributed by atoms with Crippen LogP contribution in [-0.2, 0) is 13.1 Å². The van der Waals surface area contributed by atoms with Crippen molar-refractivity contribution in [2.24, 2.45) is 0 Å². The number of halogens is 3. The molecule has 66 valence electrons. The van der Waals surface area contributed by atoms with Gasteiger partial charge in [0.15, 0.2) is 0 Å². The highest BCUT2D eigenvalue weighted by molar-refractivity contribution is 6.42. The zero-order valence-electron chi connectivity index (χ0n) is 6.23. The third kappa shape index (κ3) is 1.55. The molecule has 1 aromatic rings. The summed E-state index contributed by atoms with van der Waals surface area (Å²) in [7, 11) is 0. The van der Waals surface area contributed by atoms with Crippen LogP contribution in [0.4, 0.5) is 0 Å². The van der Waals surface area contributed by atoms with Gasteiger partial charge in [-0.05, 0) is 17.2 Å². The molecule has 1 N–H and O–H groups in total. The van der Waals surface area contributed by atoms with Gasteiger partial charge in [0.05, 0.1) is 10.0 Å². The van der Waals surface area contributed by atoms with Crippen LogP contribution in [-0.4, -0.2) is 0 Å². The zero-order valence-corrected chi connectivity index (χ0v) is 8.56. The Kier molecular flexibility index (Phi) is 3.24. The highest BCUT2D eigenvalue weighted by Crippen LogP contribution is 2.30. The largest absolute Gasteiger partial charge is 0.309 e. The van der Waals surface area contributed by atoms with E-state index in [0.717, 1.165) is 18.7 Å². The average Bonchev–Trinajstić information content (AvgIpc) is 2.45. The first-order valence-corrected chi connectivity index (χ1v) is 4.21. The van der Waals surface area contributed by atoms with E-state index in [1.54, 1.807) is 0 Å². The fourth-order valence-electron chi connectivity index (χ4n) is 1.31. The van der Waals surface area contributed by atoms with Crippen LogP contribution >= 0.6 is 35.6 Å². The first-order chi connectivity index (χ1) is 5.29. The Bertz CT molecular complexity index is 299. The summed E-state index contributed by atoms with van der Waals surface area (Å²) in [4.78, 5) is 0. The van der Waals surface area contributed by atoms with Crippen molar-refractivity contribution < 1.29 is 0 Å². The lowest BCUT2D eigenvalue weighted by Gasteiger charge is -2.01. The molecule has 0 aromatic heterocycles.